The van der Waals surface area contributed by atoms with E-state index in [0.29, 0.717) is 17.9 Å². The van der Waals surface area contributed by atoms with Gasteiger partial charge in [-0.25, -0.2) is 4.79 Å². The zero-order valence-electron chi connectivity index (χ0n) is 9.58. The van der Waals surface area contributed by atoms with Crippen molar-refractivity contribution in [3.63, 3.8) is 0 Å². The smallest absolute Gasteiger partial charge is 0.340 e. The van der Waals surface area contributed by atoms with Crippen LogP contribution in [0.3, 0.4) is 0 Å². The van der Waals surface area contributed by atoms with Crippen LogP contribution in [0.25, 0.3) is 0 Å². The van der Waals surface area contributed by atoms with Gasteiger partial charge in [0.2, 0.25) is 0 Å². The number of hydrogen-bond acceptors (Lipinski definition) is 3. The van der Waals surface area contributed by atoms with Gasteiger partial charge in [-0.2, -0.15) is 0 Å². The molecule has 86 valence electrons. The monoisotopic (exact) mass is 219 g/mol. The summed E-state index contributed by atoms with van der Waals surface area (Å²) in [6.07, 6.45) is 4.30. The molecule has 1 aromatic rings. The molecule has 0 aromatic heterocycles. The van der Waals surface area contributed by atoms with Crippen LogP contribution in [-0.2, 0) is 17.6 Å². The molecule has 16 heavy (non-hydrogen) atoms. The molecular weight excluding hydrogens is 202 g/mol. The van der Waals surface area contributed by atoms with Gasteiger partial charge in [-0.1, -0.05) is 6.07 Å². The second kappa shape index (κ2) is 4.56. The van der Waals surface area contributed by atoms with Crippen molar-refractivity contribution in [3.05, 3.63) is 28.8 Å². The third-order valence-corrected chi connectivity index (χ3v) is 3.04. The SMILES string of the molecule is CCOC(=O)c1c(N)ccc2c1CCCC2. The summed E-state index contributed by atoms with van der Waals surface area (Å²) < 4.78 is 5.06. The average Bonchev–Trinajstić information content (AvgIpc) is 2.29. The fourth-order valence-electron chi connectivity index (χ4n) is 2.29. The van der Waals surface area contributed by atoms with Crippen LogP contribution in [0.4, 0.5) is 5.69 Å². The zero-order chi connectivity index (χ0) is 11.5. The Morgan fingerprint density at radius 1 is 1.38 bits per heavy atom. The molecule has 0 fully saturated rings. The number of carbonyl (C=O) groups is 1. The summed E-state index contributed by atoms with van der Waals surface area (Å²) >= 11 is 0. The lowest BCUT2D eigenvalue weighted by molar-refractivity contribution is 0.0526. The maximum Gasteiger partial charge on any atom is 0.340 e. The molecule has 0 aliphatic heterocycles. The van der Waals surface area contributed by atoms with Gasteiger partial charge < -0.3 is 10.5 Å². The molecule has 1 aromatic carbocycles. The van der Waals surface area contributed by atoms with Crippen molar-refractivity contribution in [3.8, 4) is 0 Å². The van der Waals surface area contributed by atoms with E-state index in [9.17, 15) is 4.79 Å². The number of nitrogen functional groups attached to an aromatic ring is 1. The Morgan fingerprint density at radius 2 is 2.12 bits per heavy atom. The van der Waals surface area contributed by atoms with E-state index in [0.717, 1.165) is 24.8 Å². The van der Waals surface area contributed by atoms with E-state index in [1.165, 1.54) is 12.0 Å². The van der Waals surface area contributed by atoms with E-state index in [-0.39, 0.29) is 5.97 Å². The maximum atomic E-state index is 11.8. The molecule has 1 aliphatic rings. The van der Waals surface area contributed by atoms with Gasteiger partial charge in [0.25, 0.3) is 0 Å². The first-order valence-electron chi connectivity index (χ1n) is 5.81. The van der Waals surface area contributed by atoms with E-state index in [4.69, 9.17) is 10.5 Å². The number of benzene rings is 1. The number of hydrogen-bond donors (Lipinski definition) is 1. The Balaban J connectivity index is 2.45. The first-order chi connectivity index (χ1) is 7.74. The fourth-order valence-corrected chi connectivity index (χ4v) is 2.29. The Bertz CT molecular complexity index is 413. The summed E-state index contributed by atoms with van der Waals surface area (Å²) in [7, 11) is 0. The zero-order valence-corrected chi connectivity index (χ0v) is 9.58. The third kappa shape index (κ3) is 1.90. The van der Waals surface area contributed by atoms with Crippen molar-refractivity contribution in [1.29, 1.82) is 0 Å². The summed E-state index contributed by atoms with van der Waals surface area (Å²) in [6, 6.07) is 3.85. The van der Waals surface area contributed by atoms with Crippen molar-refractivity contribution in [1.82, 2.24) is 0 Å². The quantitative estimate of drug-likeness (QED) is 0.613. The summed E-state index contributed by atoms with van der Waals surface area (Å²) in [5.41, 5.74) is 9.37. The second-order valence-corrected chi connectivity index (χ2v) is 4.10. The molecule has 1 aliphatic carbocycles. The van der Waals surface area contributed by atoms with E-state index < -0.39 is 0 Å². The van der Waals surface area contributed by atoms with Crippen LogP contribution in [0.5, 0.6) is 0 Å². The summed E-state index contributed by atoms with van der Waals surface area (Å²) in [5, 5.41) is 0. The molecule has 0 amide bonds. The highest BCUT2D eigenvalue weighted by atomic mass is 16.5. The molecule has 0 atom stereocenters. The predicted molar refractivity (Wildman–Crippen MR) is 63.5 cm³/mol. The van der Waals surface area contributed by atoms with Crippen LogP contribution in [0, 0.1) is 0 Å². The highest BCUT2D eigenvalue weighted by Gasteiger charge is 2.21. The largest absolute Gasteiger partial charge is 0.462 e. The number of aryl methyl sites for hydroxylation is 1. The normalized spacial score (nSPS) is 14.3. The average molecular weight is 219 g/mol. The van der Waals surface area contributed by atoms with E-state index >= 15 is 0 Å². The maximum absolute atomic E-state index is 11.8. The number of rotatable bonds is 2. The van der Waals surface area contributed by atoms with E-state index in [1.807, 2.05) is 19.1 Å². The van der Waals surface area contributed by atoms with Crippen LogP contribution >= 0.6 is 0 Å². The van der Waals surface area contributed by atoms with Crippen LogP contribution in [-0.4, -0.2) is 12.6 Å². The number of anilines is 1. The lowest BCUT2D eigenvalue weighted by Crippen LogP contribution is -2.15. The van der Waals surface area contributed by atoms with Gasteiger partial charge >= 0.3 is 5.97 Å². The number of carbonyl (C=O) groups excluding carboxylic acids is 1. The number of esters is 1. The molecule has 0 bridgehead atoms. The van der Waals surface area contributed by atoms with Crippen molar-refractivity contribution in [2.24, 2.45) is 0 Å². The minimum absolute atomic E-state index is 0.279. The highest BCUT2D eigenvalue weighted by Crippen LogP contribution is 2.28. The minimum Gasteiger partial charge on any atom is -0.462 e. The number of nitrogens with two attached hydrogens (primary N) is 1. The molecule has 0 spiro atoms. The van der Waals surface area contributed by atoms with Gasteiger partial charge in [0.1, 0.15) is 0 Å². The molecule has 0 saturated heterocycles. The second-order valence-electron chi connectivity index (χ2n) is 4.10. The summed E-state index contributed by atoms with van der Waals surface area (Å²) in [5.74, 6) is -0.279. The molecule has 0 saturated carbocycles. The van der Waals surface area contributed by atoms with Gasteiger partial charge in [-0.15, -0.1) is 0 Å². The summed E-state index contributed by atoms with van der Waals surface area (Å²) in [4.78, 5) is 11.8. The van der Waals surface area contributed by atoms with Gasteiger partial charge in [-0.05, 0) is 49.8 Å². The van der Waals surface area contributed by atoms with Crippen LogP contribution in [0.1, 0.15) is 41.3 Å². The molecule has 3 heteroatoms. The van der Waals surface area contributed by atoms with E-state index in [1.54, 1.807) is 0 Å². The van der Waals surface area contributed by atoms with Gasteiger partial charge in [-0.3, -0.25) is 0 Å². The number of fused-ring (bicyclic) bond motifs is 1. The van der Waals surface area contributed by atoms with Crippen molar-refractivity contribution < 1.29 is 9.53 Å². The van der Waals surface area contributed by atoms with Crippen LogP contribution < -0.4 is 5.73 Å². The Labute approximate surface area is 95.6 Å². The molecule has 3 nitrogen and oxygen atoms in total. The van der Waals surface area contributed by atoms with Crippen LogP contribution in [0.2, 0.25) is 0 Å². The highest BCUT2D eigenvalue weighted by molar-refractivity contribution is 5.97. The van der Waals surface area contributed by atoms with Crippen molar-refractivity contribution in [2.75, 3.05) is 12.3 Å². The Kier molecular flexibility index (Phi) is 3.13. The topological polar surface area (TPSA) is 52.3 Å². The summed E-state index contributed by atoms with van der Waals surface area (Å²) in [6.45, 7) is 2.20. The first-order valence-corrected chi connectivity index (χ1v) is 5.81. The first kappa shape index (κ1) is 11.0. The molecule has 0 radical (unpaired) electrons. The minimum atomic E-state index is -0.279. The molecule has 0 heterocycles. The Morgan fingerprint density at radius 3 is 2.88 bits per heavy atom. The third-order valence-electron chi connectivity index (χ3n) is 3.04. The van der Waals surface area contributed by atoms with Gasteiger partial charge in [0.15, 0.2) is 0 Å². The van der Waals surface area contributed by atoms with E-state index in [2.05, 4.69) is 0 Å². The predicted octanol–water partition coefficient (Wildman–Crippen LogP) is 2.32. The van der Waals surface area contributed by atoms with Crippen molar-refractivity contribution >= 4 is 11.7 Å². The fraction of sp³-hybridized carbons (Fsp3) is 0.462. The Hall–Kier alpha value is -1.51. The van der Waals surface area contributed by atoms with Crippen molar-refractivity contribution in [2.45, 2.75) is 32.6 Å². The molecular formula is C13H17NO2. The molecule has 2 N–H and O–H groups in total. The lowest BCUT2D eigenvalue weighted by Gasteiger charge is -2.19. The number of ether oxygens (including phenoxy) is 1. The standard InChI is InChI=1S/C13H17NO2/c1-2-16-13(15)12-10-6-4-3-5-9(10)7-8-11(12)14/h7-8H,2-6,14H2,1H3. The van der Waals surface area contributed by atoms with Gasteiger partial charge in [0.05, 0.1) is 12.2 Å². The van der Waals surface area contributed by atoms with Gasteiger partial charge in [0, 0.05) is 5.69 Å². The molecule has 0 unspecified atom stereocenters. The van der Waals surface area contributed by atoms with Crippen LogP contribution in [0.15, 0.2) is 12.1 Å². The lowest BCUT2D eigenvalue weighted by atomic mass is 9.87. The molecule has 2 rings (SSSR count).